The van der Waals surface area contributed by atoms with Crippen LogP contribution in [0.1, 0.15) is 26.7 Å². The lowest BCUT2D eigenvalue weighted by Gasteiger charge is -2.24. The topological polar surface area (TPSA) is 24.5 Å². The van der Waals surface area contributed by atoms with Gasteiger partial charge in [-0.15, -0.1) is 0 Å². The molecule has 0 amide bonds. The number of hydrogen-bond donors (Lipinski definition) is 1. The number of ether oxygens (including phenoxy) is 1. The molecule has 3 nitrogen and oxygen atoms in total. The first kappa shape index (κ1) is 15.5. The molecule has 0 radical (unpaired) electrons. The monoisotopic (exact) mass is 228 g/mol. The van der Waals surface area contributed by atoms with Gasteiger partial charge in [0.05, 0.1) is 0 Å². The molecular formula is C13H28N2O. The maximum absolute atomic E-state index is 5.53. The van der Waals surface area contributed by atoms with E-state index in [0.29, 0.717) is 5.92 Å². The van der Waals surface area contributed by atoms with Gasteiger partial charge in [-0.3, -0.25) is 0 Å². The molecular weight excluding hydrogens is 200 g/mol. The molecule has 0 aromatic rings. The highest BCUT2D eigenvalue weighted by molar-refractivity contribution is 4.95. The van der Waals surface area contributed by atoms with Gasteiger partial charge in [-0.2, -0.15) is 0 Å². The minimum Gasteiger partial charge on any atom is -0.381 e. The lowest BCUT2D eigenvalue weighted by molar-refractivity contribution is 0.123. The Hall–Kier alpha value is -0.540. The molecule has 0 aromatic heterocycles. The van der Waals surface area contributed by atoms with Crippen molar-refractivity contribution in [3.63, 3.8) is 0 Å². The van der Waals surface area contributed by atoms with Crippen LogP contribution in [0.25, 0.3) is 0 Å². The summed E-state index contributed by atoms with van der Waals surface area (Å²) in [6.07, 6.45) is 2.16. The Balaban J connectivity index is 3.34. The second-order valence-electron chi connectivity index (χ2n) is 4.49. The van der Waals surface area contributed by atoms with Gasteiger partial charge in [0.25, 0.3) is 0 Å². The Morgan fingerprint density at radius 1 is 1.31 bits per heavy atom. The van der Waals surface area contributed by atoms with Gasteiger partial charge in [0.2, 0.25) is 0 Å². The minimum absolute atomic E-state index is 0.529. The van der Waals surface area contributed by atoms with Crippen LogP contribution in [0, 0.1) is 5.92 Å². The maximum Gasteiger partial charge on any atom is 0.0482 e. The number of nitrogens with one attached hydrogen (secondary N) is 1. The van der Waals surface area contributed by atoms with Gasteiger partial charge in [0, 0.05) is 32.5 Å². The van der Waals surface area contributed by atoms with Crippen LogP contribution in [0.2, 0.25) is 0 Å². The lowest BCUT2D eigenvalue weighted by Crippen LogP contribution is -2.22. The van der Waals surface area contributed by atoms with E-state index in [1.54, 1.807) is 0 Å². The SMILES string of the molecule is C=C(C(C)C)N(C)CCCOCCCNC. The van der Waals surface area contributed by atoms with E-state index in [-0.39, 0.29) is 0 Å². The minimum atomic E-state index is 0.529. The molecule has 0 aliphatic rings. The fourth-order valence-corrected chi connectivity index (χ4v) is 1.44. The summed E-state index contributed by atoms with van der Waals surface area (Å²) in [4.78, 5) is 2.22. The van der Waals surface area contributed by atoms with E-state index < -0.39 is 0 Å². The zero-order valence-corrected chi connectivity index (χ0v) is 11.4. The summed E-state index contributed by atoms with van der Waals surface area (Å²) in [6, 6.07) is 0. The number of hydrogen-bond acceptors (Lipinski definition) is 3. The maximum atomic E-state index is 5.53. The molecule has 0 bridgehead atoms. The summed E-state index contributed by atoms with van der Waals surface area (Å²) in [5, 5.41) is 3.10. The van der Waals surface area contributed by atoms with Gasteiger partial charge in [-0.1, -0.05) is 20.4 Å². The first-order valence-electron chi connectivity index (χ1n) is 6.21. The highest BCUT2D eigenvalue weighted by Gasteiger charge is 2.05. The zero-order chi connectivity index (χ0) is 12.4. The Bertz CT molecular complexity index is 181. The third-order valence-corrected chi connectivity index (χ3v) is 2.65. The Morgan fingerprint density at radius 2 is 1.94 bits per heavy atom. The highest BCUT2D eigenvalue weighted by Crippen LogP contribution is 2.10. The van der Waals surface area contributed by atoms with Crippen LogP contribution in [0.3, 0.4) is 0 Å². The van der Waals surface area contributed by atoms with E-state index in [1.807, 2.05) is 7.05 Å². The van der Waals surface area contributed by atoms with Crippen molar-refractivity contribution in [1.29, 1.82) is 0 Å². The average molecular weight is 228 g/mol. The molecule has 0 aromatic carbocycles. The molecule has 0 heterocycles. The quantitative estimate of drug-likeness (QED) is 0.580. The second kappa shape index (κ2) is 9.67. The third kappa shape index (κ3) is 7.71. The predicted octanol–water partition coefficient (Wildman–Crippen LogP) is 2.10. The van der Waals surface area contributed by atoms with E-state index in [2.05, 4.69) is 37.7 Å². The molecule has 0 spiro atoms. The van der Waals surface area contributed by atoms with Crippen LogP contribution >= 0.6 is 0 Å². The molecule has 0 atom stereocenters. The summed E-state index contributed by atoms with van der Waals surface area (Å²) in [6.45, 7) is 12.2. The van der Waals surface area contributed by atoms with Gasteiger partial charge in [0.1, 0.15) is 0 Å². The smallest absolute Gasteiger partial charge is 0.0482 e. The van der Waals surface area contributed by atoms with Crippen molar-refractivity contribution in [2.45, 2.75) is 26.7 Å². The van der Waals surface area contributed by atoms with E-state index in [0.717, 1.165) is 39.1 Å². The summed E-state index contributed by atoms with van der Waals surface area (Å²) < 4.78 is 5.53. The van der Waals surface area contributed by atoms with Crippen molar-refractivity contribution in [2.24, 2.45) is 5.92 Å². The van der Waals surface area contributed by atoms with E-state index >= 15 is 0 Å². The van der Waals surface area contributed by atoms with Crippen LogP contribution in [0.4, 0.5) is 0 Å². The van der Waals surface area contributed by atoms with E-state index in [4.69, 9.17) is 4.74 Å². The fourth-order valence-electron chi connectivity index (χ4n) is 1.44. The zero-order valence-electron chi connectivity index (χ0n) is 11.4. The van der Waals surface area contributed by atoms with Crippen molar-refractivity contribution in [1.82, 2.24) is 10.2 Å². The molecule has 1 N–H and O–H groups in total. The largest absolute Gasteiger partial charge is 0.381 e. The van der Waals surface area contributed by atoms with Crippen LogP contribution in [-0.2, 0) is 4.74 Å². The number of nitrogens with zero attached hydrogens (tertiary/aromatic N) is 1. The van der Waals surface area contributed by atoms with E-state index in [9.17, 15) is 0 Å². The molecule has 0 rings (SSSR count). The van der Waals surface area contributed by atoms with Crippen molar-refractivity contribution in [3.05, 3.63) is 12.3 Å². The first-order valence-corrected chi connectivity index (χ1v) is 6.21. The van der Waals surface area contributed by atoms with E-state index in [1.165, 1.54) is 5.70 Å². The molecule has 0 fully saturated rings. The lowest BCUT2D eigenvalue weighted by atomic mass is 10.1. The Kier molecular flexibility index (Phi) is 9.34. The summed E-state index contributed by atoms with van der Waals surface area (Å²) >= 11 is 0. The van der Waals surface area contributed by atoms with Crippen LogP contribution in [-0.4, -0.2) is 45.3 Å². The summed E-state index contributed by atoms with van der Waals surface area (Å²) in [7, 11) is 4.07. The van der Waals surface area contributed by atoms with Gasteiger partial charge >= 0.3 is 0 Å². The normalized spacial score (nSPS) is 10.8. The molecule has 0 saturated heterocycles. The molecule has 16 heavy (non-hydrogen) atoms. The van der Waals surface area contributed by atoms with Gasteiger partial charge < -0.3 is 15.0 Å². The van der Waals surface area contributed by atoms with Crippen molar-refractivity contribution < 1.29 is 4.74 Å². The predicted molar refractivity (Wildman–Crippen MR) is 70.6 cm³/mol. The van der Waals surface area contributed by atoms with Crippen LogP contribution in [0.5, 0.6) is 0 Å². The standard InChI is InChI=1S/C13H28N2O/c1-12(2)13(3)15(5)9-7-11-16-10-6-8-14-4/h12,14H,3,6-11H2,1-2,4-5H3. The van der Waals surface area contributed by atoms with Gasteiger partial charge in [-0.05, 0) is 32.4 Å². The molecule has 3 heteroatoms. The van der Waals surface area contributed by atoms with Crippen molar-refractivity contribution >= 4 is 0 Å². The fraction of sp³-hybridized carbons (Fsp3) is 0.846. The van der Waals surface area contributed by atoms with Crippen LogP contribution in [0.15, 0.2) is 12.3 Å². The summed E-state index contributed by atoms with van der Waals surface area (Å²) in [5.41, 5.74) is 1.20. The molecule has 96 valence electrons. The van der Waals surface area contributed by atoms with Crippen molar-refractivity contribution in [3.8, 4) is 0 Å². The molecule has 0 unspecified atom stereocenters. The van der Waals surface area contributed by atoms with Gasteiger partial charge in [-0.25, -0.2) is 0 Å². The highest BCUT2D eigenvalue weighted by atomic mass is 16.5. The van der Waals surface area contributed by atoms with Crippen molar-refractivity contribution in [2.75, 3.05) is 40.4 Å². The first-order chi connectivity index (χ1) is 7.59. The van der Waals surface area contributed by atoms with Gasteiger partial charge in [0.15, 0.2) is 0 Å². The molecule has 0 aliphatic carbocycles. The number of allylic oxidation sites excluding steroid dienone is 1. The number of rotatable bonds is 10. The molecule has 0 saturated carbocycles. The molecule has 0 aliphatic heterocycles. The Labute approximate surface area is 101 Å². The van der Waals surface area contributed by atoms with Crippen LogP contribution < -0.4 is 5.32 Å². The summed E-state index contributed by atoms with van der Waals surface area (Å²) in [5.74, 6) is 0.529. The second-order valence-corrected chi connectivity index (χ2v) is 4.49. The Morgan fingerprint density at radius 3 is 2.50 bits per heavy atom. The average Bonchev–Trinajstić information content (AvgIpc) is 2.26. The third-order valence-electron chi connectivity index (χ3n) is 2.65.